The van der Waals surface area contributed by atoms with Crippen LogP contribution in [0, 0.1) is 5.41 Å². The molecule has 0 N–H and O–H groups in total. The third-order valence-corrected chi connectivity index (χ3v) is 4.49. The van der Waals surface area contributed by atoms with Crippen LogP contribution in [0.3, 0.4) is 0 Å². The molecule has 1 saturated carbocycles. The molecule has 17 heavy (non-hydrogen) atoms. The van der Waals surface area contributed by atoms with Crippen LogP contribution in [0.2, 0.25) is 0 Å². The third kappa shape index (κ3) is 2.71. The number of benzene rings is 1. The van der Waals surface area contributed by atoms with Crippen molar-refractivity contribution < 1.29 is 4.74 Å². The van der Waals surface area contributed by atoms with Crippen LogP contribution in [-0.4, -0.2) is 26.5 Å². The fraction of sp³-hybridized carbons (Fsp3) is 0.571. The Kier molecular flexibility index (Phi) is 3.87. The minimum absolute atomic E-state index is 0.431. The van der Waals surface area contributed by atoms with Gasteiger partial charge in [-0.1, -0.05) is 12.5 Å². The van der Waals surface area contributed by atoms with Crippen molar-refractivity contribution in [3.63, 3.8) is 0 Å². The standard InChI is InChI=1S/C14H21NOS/c1-15(10-14(11-17)7-4-8-14)12-5-3-6-13(9-12)16-2/h3,5-6,9,17H,4,7-8,10-11H2,1-2H3. The van der Waals surface area contributed by atoms with Crippen molar-refractivity contribution >= 4 is 18.3 Å². The van der Waals surface area contributed by atoms with Crippen molar-refractivity contribution in [1.82, 2.24) is 0 Å². The van der Waals surface area contributed by atoms with E-state index in [0.717, 1.165) is 18.0 Å². The molecule has 3 heteroatoms. The molecular formula is C14H21NOS. The molecule has 1 fully saturated rings. The quantitative estimate of drug-likeness (QED) is 0.807. The van der Waals surface area contributed by atoms with E-state index in [0.29, 0.717) is 5.41 Å². The number of hydrogen-bond acceptors (Lipinski definition) is 3. The molecule has 1 aromatic carbocycles. The van der Waals surface area contributed by atoms with Gasteiger partial charge in [0.15, 0.2) is 0 Å². The number of rotatable bonds is 5. The summed E-state index contributed by atoms with van der Waals surface area (Å²) >= 11 is 4.51. The van der Waals surface area contributed by atoms with E-state index in [4.69, 9.17) is 4.74 Å². The molecule has 1 aromatic rings. The van der Waals surface area contributed by atoms with Crippen molar-refractivity contribution in [1.29, 1.82) is 0 Å². The lowest BCUT2D eigenvalue weighted by Gasteiger charge is -2.44. The zero-order chi connectivity index (χ0) is 12.3. The van der Waals surface area contributed by atoms with Gasteiger partial charge in [-0.05, 0) is 36.1 Å². The number of ether oxygens (including phenoxy) is 1. The normalized spacial score (nSPS) is 17.4. The molecule has 0 bridgehead atoms. The summed E-state index contributed by atoms with van der Waals surface area (Å²) in [6.07, 6.45) is 3.97. The minimum Gasteiger partial charge on any atom is -0.497 e. The number of thiol groups is 1. The van der Waals surface area contributed by atoms with E-state index in [2.05, 4.69) is 36.7 Å². The second-order valence-corrected chi connectivity index (χ2v) is 5.39. The van der Waals surface area contributed by atoms with E-state index in [-0.39, 0.29) is 0 Å². The molecule has 1 aliphatic rings. The Morgan fingerprint density at radius 3 is 2.71 bits per heavy atom. The third-order valence-electron chi connectivity index (χ3n) is 3.82. The van der Waals surface area contributed by atoms with Gasteiger partial charge in [0.2, 0.25) is 0 Å². The molecule has 1 aliphatic carbocycles. The molecule has 0 radical (unpaired) electrons. The predicted molar refractivity (Wildman–Crippen MR) is 76.4 cm³/mol. The average molecular weight is 251 g/mol. The first-order valence-electron chi connectivity index (χ1n) is 6.15. The lowest BCUT2D eigenvalue weighted by Crippen LogP contribution is -2.42. The first-order chi connectivity index (χ1) is 8.19. The van der Waals surface area contributed by atoms with Gasteiger partial charge in [-0.15, -0.1) is 0 Å². The summed E-state index contributed by atoms with van der Waals surface area (Å²) in [6, 6.07) is 8.24. The number of nitrogens with zero attached hydrogens (tertiary/aromatic N) is 1. The SMILES string of the molecule is COc1cccc(N(C)CC2(CS)CCC2)c1. The maximum atomic E-state index is 5.26. The largest absolute Gasteiger partial charge is 0.497 e. The molecule has 0 saturated heterocycles. The van der Waals surface area contributed by atoms with Gasteiger partial charge in [0.1, 0.15) is 5.75 Å². The molecule has 0 aromatic heterocycles. The van der Waals surface area contributed by atoms with E-state index < -0.39 is 0 Å². The van der Waals surface area contributed by atoms with Gasteiger partial charge >= 0.3 is 0 Å². The zero-order valence-corrected chi connectivity index (χ0v) is 11.5. The minimum atomic E-state index is 0.431. The Morgan fingerprint density at radius 2 is 2.18 bits per heavy atom. The zero-order valence-electron chi connectivity index (χ0n) is 10.6. The van der Waals surface area contributed by atoms with E-state index in [9.17, 15) is 0 Å². The van der Waals surface area contributed by atoms with Gasteiger partial charge in [0.05, 0.1) is 7.11 Å². The number of methoxy groups -OCH3 is 1. The van der Waals surface area contributed by atoms with Crippen molar-refractivity contribution in [2.45, 2.75) is 19.3 Å². The Labute approximate surface area is 109 Å². The molecular weight excluding hydrogens is 230 g/mol. The molecule has 0 amide bonds. The second kappa shape index (κ2) is 5.21. The van der Waals surface area contributed by atoms with Crippen LogP contribution < -0.4 is 9.64 Å². The highest BCUT2D eigenvalue weighted by Crippen LogP contribution is 2.42. The molecule has 0 atom stereocenters. The number of anilines is 1. The molecule has 2 nitrogen and oxygen atoms in total. The van der Waals surface area contributed by atoms with Crippen LogP contribution in [0.5, 0.6) is 5.75 Å². The molecule has 94 valence electrons. The average Bonchev–Trinajstić information content (AvgIpc) is 2.33. The highest BCUT2D eigenvalue weighted by atomic mass is 32.1. The van der Waals surface area contributed by atoms with Gasteiger partial charge in [0, 0.05) is 25.3 Å². The van der Waals surface area contributed by atoms with Gasteiger partial charge in [0.25, 0.3) is 0 Å². The Morgan fingerprint density at radius 1 is 1.41 bits per heavy atom. The van der Waals surface area contributed by atoms with Crippen LogP contribution in [0.25, 0.3) is 0 Å². The molecule has 0 unspecified atom stereocenters. The maximum Gasteiger partial charge on any atom is 0.120 e. The highest BCUT2D eigenvalue weighted by molar-refractivity contribution is 7.80. The van der Waals surface area contributed by atoms with Crippen molar-refractivity contribution in [3.8, 4) is 5.75 Å². The van der Waals surface area contributed by atoms with Gasteiger partial charge in [-0.3, -0.25) is 0 Å². The van der Waals surface area contributed by atoms with Crippen LogP contribution in [0.1, 0.15) is 19.3 Å². The summed E-state index contributed by atoms with van der Waals surface area (Å²) in [7, 11) is 3.86. The van der Waals surface area contributed by atoms with E-state index in [1.165, 1.54) is 24.9 Å². The fourth-order valence-corrected chi connectivity index (χ4v) is 2.90. The summed E-state index contributed by atoms with van der Waals surface area (Å²) in [5, 5.41) is 0. The monoisotopic (exact) mass is 251 g/mol. The van der Waals surface area contributed by atoms with Crippen LogP contribution in [0.15, 0.2) is 24.3 Å². The fourth-order valence-electron chi connectivity index (χ4n) is 2.49. The van der Waals surface area contributed by atoms with Crippen molar-refractivity contribution in [2.24, 2.45) is 5.41 Å². The first-order valence-corrected chi connectivity index (χ1v) is 6.78. The summed E-state index contributed by atoms with van der Waals surface area (Å²) in [4.78, 5) is 2.32. The van der Waals surface area contributed by atoms with Crippen molar-refractivity contribution in [3.05, 3.63) is 24.3 Å². The second-order valence-electron chi connectivity index (χ2n) is 5.07. The van der Waals surface area contributed by atoms with Crippen molar-refractivity contribution in [2.75, 3.05) is 31.4 Å². The smallest absolute Gasteiger partial charge is 0.120 e. The Balaban J connectivity index is 2.05. The van der Waals surface area contributed by atoms with Crippen LogP contribution in [-0.2, 0) is 0 Å². The summed E-state index contributed by atoms with van der Waals surface area (Å²) in [6.45, 7) is 1.09. The molecule has 2 rings (SSSR count). The topological polar surface area (TPSA) is 12.5 Å². The summed E-state index contributed by atoms with van der Waals surface area (Å²) < 4.78 is 5.26. The van der Waals surface area contributed by atoms with E-state index >= 15 is 0 Å². The molecule has 0 heterocycles. The lowest BCUT2D eigenvalue weighted by atomic mass is 9.70. The van der Waals surface area contributed by atoms with E-state index in [1.807, 2.05) is 12.1 Å². The van der Waals surface area contributed by atoms with E-state index in [1.54, 1.807) is 7.11 Å². The summed E-state index contributed by atoms with van der Waals surface area (Å²) in [5.74, 6) is 1.91. The molecule has 0 spiro atoms. The Hall–Kier alpha value is -0.830. The van der Waals surface area contributed by atoms with Crippen LogP contribution >= 0.6 is 12.6 Å². The molecule has 0 aliphatic heterocycles. The van der Waals surface area contributed by atoms with Gasteiger partial charge < -0.3 is 9.64 Å². The lowest BCUT2D eigenvalue weighted by molar-refractivity contribution is 0.178. The Bertz CT molecular complexity index is 371. The first kappa shape index (κ1) is 12.6. The summed E-state index contributed by atoms with van der Waals surface area (Å²) in [5.41, 5.74) is 1.65. The predicted octanol–water partition coefficient (Wildman–Crippen LogP) is 3.23. The maximum absolute atomic E-state index is 5.26. The van der Waals surface area contributed by atoms with Crippen LogP contribution in [0.4, 0.5) is 5.69 Å². The highest BCUT2D eigenvalue weighted by Gasteiger charge is 2.36. The number of hydrogen-bond donors (Lipinski definition) is 1. The van der Waals surface area contributed by atoms with Gasteiger partial charge in [-0.2, -0.15) is 12.6 Å². The van der Waals surface area contributed by atoms with Gasteiger partial charge in [-0.25, -0.2) is 0 Å².